The van der Waals surface area contributed by atoms with Crippen LogP contribution in [0.1, 0.15) is 18.4 Å². The van der Waals surface area contributed by atoms with Gasteiger partial charge in [0.05, 0.1) is 30.1 Å². The van der Waals surface area contributed by atoms with Crippen LogP contribution in [0.5, 0.6) is 5.75 Å². The van der Waals surface area contributed by atoms with Gasteiger partial charge in [-0.25, -0.2) is 16.8 Å². The van der Waals surface area contributed by atoms with E-state index < -0.39 is 20.0 Å². The third kappa shape index (κ3) is 4.78. The second kappa shape index (κ2) is 8.87. The van der Waals surface area contributed by atoms with E-state index in [4.69, 9.17) is 9.47 Å². The highest BCUT2D eigenvalue weighted by Crippen LogP contribution is 2.34. The monoisotopic (exact) mass is 466 g/mol. The molecule has 0 atom stereocenters. The lowest BCUT2D eigenvalue weighted by molar-refractivity contribution is 0.0730. The molecule has 2 fully saturated rings. The number of ether oxygens (including phenoxy) is 2. The summed E-state index contributed by atoms with van der Waals surface area (Å²) >= 11 is 0. The van der Waals surface area contributed by atoms with E-state index >= 15 is 0 Å². The highest BCUT2D eigenvalue weighted by Gasteiger charge is 2.38. The SMILES string of the molecule is COc1ccc(CN(C2CC2)S(=O)(=O)c2ccc(S(=O)(=O)N3CCOCC3)cc2)cc1. The number of hydrogen-bond acceptors (Lipinski definition) is 6. The topological polar surface area (TPSA) is 93.2 Å². The first-order valence-corrected chi connectivity index (χ1v) is 13.0. The van der Waals surface area contributed by atoms with Crippen LogP contribution in [-0.4, -0.2) is 64.9 Å². The molecule has 0 aromatic heterocycles. The Balaban J connectivity index is 1.56. The van der Waals surface area contributed by atoms with Gasteiger partial charge in [0.25, 0.3) is 0 Å². The van der Waals surface area contributed by atoms with Gasteiger partial charge in [0.15, 0.2) is 0 Å². The highest BCUT2D eigenvalue weighted by molar-refractivity contribution is 7.89. The van der Waals surface area contributed by atoms with Gasteiger partial charge in [0.1, 0.15) is 5.75 Å². The molecule has 8 nitrogen and oxygen atoms in total. The Kier molecular flexibility index (Phi) is 6.36. The fourth-order valence-electron chi connectivity index (χ4n) is 3.54. The molecule has 0 amide bonds. The molecule has 2 aliphatic rings. The van der Waals surface area contributed by atoms with E-state index in [9.17, 15) is 16.8 Å². The zero-order valence-electron chi connectivity index (χ0n) is 17.3. The van der Waals surface area contributed by atoms with Gasteiger partial charge < -0.3 is 9.47 Å². The highest BCUT2D eigenvalue weighted by atomic mass is 32.2. The number of sulfonamides is 2. The van der Waals surface area contributed by atoms with Crippen molar-refractivity contribution in [3.8, 4) is 5.75 Å². The quantitative estimate of drug-likeness (QED) is 0.591. The van der Waals surface area contributed by atoms with Crippen molar-refractivity contribution >= 4 is 20.0 Å². The first kappa shape index (κ1) is 22.2. The summed E-state index contributed by atoms with van der Waals surface area (Å²) in [6, 6.07) is 12.8. The Bertz CT molecular complexity index is 1110. The third-order valence-corrected chi connectivity index (χ3v) is 9.32. The minimum atomic E-state index is -3.77. The van der Waals surface area contributed by atoms with Gasteiger partial charge in [-0.05, 0) is 54.8 Å². The van der Waals surface area contributed by atoms with Crippen LogP contribution in [0.4, 0.5) is 0 Å². The normalized spacial score (nSPS) is 18.3. The fourth-order valence-corrected chi connectivity index (χ4v) is 6.62. The zero-order chi connectivity index (χ0) is 22.1. The molecular weight excluding hydrogens is 440 g/mol. The van der Waals surface area contributed by atoms with Crippen LogP contribution in [0.15, 0.2) is 58.3 Å². The molecule has 10 heteroatoms. The molecule has 31 heavy (non-hydrogen) atoms. The van der Waals surface area contributed by atoms with Gasteiger partial charge in [-0.15, -0.1) is 0 Å². The van der Waals surface area contributed by atoms with Gasteiger partial charge >= 0.3 is 0 Å². The second-order valence-corrected chi connectivity index (χ2v) is 11.4. The van der Waals surface area contributed by atoms with Crippen molar-refractivity contribution in [3.63, 3.8) is 0 Å². The van der Waals surface area contributed by atoms with E-state index in [0.29, 0.717) is 32.1 Å². The van der Waals surface area contributed by atoms with Crippen LogP contribution in [0.3, 0.4) is 0 Å². The van der Waals surface area contributed by atoms with Crippen LogP contribution >= 0.6 is 0 Å². The summed E-state index contributed by atoms with van der Waals surface area (Å²) in [6.45, 7) is 1.55. The molecule has 0 unspecified atom stereocenters. The molecule has 1 aliphatic heterocycles. The van der Waals surface area contributed by atoms with E-state index in [0.717, 1.165) is 18.4 Å². The second-order valence-electron chi connectivity index (χ2n) is 7.62. The summed E-state index contributed by atoms with van der Waals surface area (Å²) in [5.41, 5.74) is 0.864. The molecule has 2 aromatic rings. The number of hydrogen-bond donors (Lipinski definition) is 0. The molecule has 1 heterocycles. The van der Waals surface area contributed by atoms with E-state index in [2.05, 4.69) is 0 Å². The van der Waals surface area contributed by atoms with Crippen molar-refractivity contribution < 1.29 is 26.3 Å². The van der Waals surface area contributed by atoms with Crippen molar-refractivity contribution in [3.05, 3.63) is 54.1 Å². The molecule has 1 aliphatic carbocycles. The number of benzene rings is 2. The predicted octanol–water partition coefficient (Wildman–Crippen LogP) is 2.07. The molecule has 0 N–H and O–H groups in total. The first-order chi connectivity index (χ1) is 14.8. The molecule has 0 bridgehead atoms. The summed E-state index contributed by atoms with van der Waals surface area (Å²) in [5.74, 6) is 0.710. The lowest BCUT2D eigenvalue weighted by Crippen LogP contribution is -2.40. The Labute approximate surface area is 183 Å². The fraction of sp³-hybridized carbons (Fsp3) is 0.429. The van der Waals surface area contributed by atoms with Gasteiger partial charge in [-0.1, -0.05) is 12.1 Å². The van der Waals surface area contributed by atoms with E-state index in [-0.39, 0.29) is 22.4 Å². The zero-order valence-corrected chi connectivity index (χ0v) is 18.9. The molecule has 0 radical (unpaired) electrons. The summed E-state index contributed by atoms with van der Waals surface area (Å²) in [5, 5.41) is 0. The molecule has 1 saturated carbocycles. The van der Waals surface area contributed by atoms with Crippen molar-refractivity contribution in [2.45, 2.75) is 35.2 Å². The van der Waals surface area contributed by atoms with Crippen LogP contribution in [0.25, 0.3) is 0 Å². The lowest BCUT2D eigenvalue weighted by Gasteiger charge is -2.26. The largest absolute Gasteiger partial charge is 0.497 e. The van der Waals surface area contributed by atoms with Crippen molar-refractivity contribution in [2.24, 2.45) is 0 Å². The number of nitrogens with zero attached hydrogens (tertiary/aromatic N) is 2. The number of methoxy groups -OCH3 is 1. The number of rotatable bonds is 8. The van der Waals surface area contributed by atoms with Crippen molar-refractivity contribution in [2.75, 3.05) is 33.4 Å². The van der Waals surface area contributed by atoms with Crippen LogP contribution < -0.4 is 4.74 Å². The van der Waals surface area contributed by atoms with E-state index in [1.54, 1.807) is 19.2 Å². The minimum Gasteiger partial charge on any atom is -0.497 e. The van der Waals surface area contributed by atoms with Gasteiger partial charge in [0.2, 0.25) is 20.0 Å². The first-order valence-electron chi connectivity index (χ1n) is 10.1. The standard InChI is InChI=1S/C21H26N2O6S2/c1-28-19-6-2-17(3-7-19)16-23(18-4-5-18)31(26,27)21-10-8-20(9-11-21)30(24,25)22-12-14-29-15-13-22/h2-3,6-11,18H,4-5,12-16H2,1H3. The van der Waals surface area contributed by atoms with E-state index in [1.807, 2.05) is 12.1 Å². The molecule has 0 spiro atoms. The average molecular weight is 467 g/mol. The Morgan fingerprint density at radius 3 is 2.06 bits per heavy atom. The Morgan fingerprint density at radius 1 is 0.935 bits per heavy atom. The van der Waals surface area contributed by atoms with E-state index in [1.165, 1.54) is 32.9 Å². The summed E-state index contributed by atoms with van der Waals surface area (Å²) in [7, 11) is -5.85. The molecular formula is C21H26N2O6S2. The van der Waals surface area contributed by atoms with Crippen molar-refractivity contribution in [1.82, 2.24) is 8.61 Å². The Morgan fingerprint density at radius 2 is 1.52 bits per heavy atom. The van der Waals surface area contributed by atoms with Crippen LogP contribution in [-0.2, 0) is 31.3 Å². The summed E-state index contributed by atoms with van der Waals surface area (Å²) in [4.78, 5) is 0.176. The summed E-state index contributed by atoms with van der Waals surface area (Å²) < 4.78 is 65.5. The van der Waals surface area contributed by atoms with Crippen LogP contribution in [0.2, 0.25) is 0 Å². The number of morpholine rings is 1. The van der Waals surface area contributed by atoms with Gasteiger partial charge in [-0.3, -0.25) is 0 Å². The molecule has 2 aromatic carbocycles. The van der Waals surface area contributed by atoms with Gasteiger partial charge in [0, 0.05) is 25.7 Å². The molecule has 168 valence electrons. The third-order valence-electron chi connectivity index (χ3n) is 5.49. The molecule has 1 saturated heterocycles. The molecule has 4 rings (SSSR count). The predicted molar refractivity (Wildman–Crippen MR) is 115 cm³/mol. The minimum absolute atomic E-state index is 0.0381. The maximum atomic E-state index is 13.3. The summed E-state index contributed by atoms with van der Waals surface area (Å²) in [6.07, 6.45) is 1.64. The Hall–Kier alpha value is -1.98. The van der Waals surface area contributed by atoms with Crippen LogP contribution in [0, 0.1) is 0 Å². The van der Waals surface area contributed by atoms with Crippen molar-refractivity contribution in [1.29, 1.82) is 0 Å². The average Bonchev–Trinajstić information content (AvgIpc) is 3.63. The maximum absolute atomic E-state index is 13.3. The lowest BCUT2D eigenvalue weighted by atomic mass is 10.2. The van der Waals surface area contributed by atoms with Gasteiger partial charge in [-0.2, -0.15) is 8.61 Å². The smallest absolute Gasteiger partial charge is 0.243 e. The maximum Gasteiger partial charge on any atom is 0.243 e.